The SMILES string of the molecule is C#CC/C=C\C(=C/C)NC(C)=O. The number of hydrogen-bond donors (Lipinski definition) is 1. The maximum absolute atomic E-state index is 10.6. The van der Waals surface area contributed by atoms with Crippen LogP contribution in [0.25, 0.3) is 0 Å². The van der Waals surface area contributed by atoms with Crippen LogP contribution in [-0.2, 0) is 4.79 Å². The smallest absolute Gasteiger partial charge is 0.221 e. The Morgan fingerprint density at radius 1 is 1.67 bits per heavy atom. The first-order chi connectivity index (χ1) is 5.70. The fraction of sp³-hybridized carbons (Fsp3) is 0.300. The maximum Gasteiger partial charge on any atom is 0.221 e. The van der Waals surface area contributed by atoms with E-state index in [1.165, 1.54) is 6.92 Å². The Morgan fingerprint density at radius 3 is 2.75 bits per heavy atom. The molecule has 1 N–H and O–H groups in total. The van der Waals surface area contributed by atoms with Crippen molar-refractivity contribution in [2.45, 2.75) is 20.3 Å². The zero-order valence-corrected chi connectivity index (χ0v) is 7.42. The number of nitrogens with one attached hydrogen (secondary N) is 1. The predicted molar refractivity (Wildman–Crippen MR) is 50.2 cm³/mol. The number of amides is 1. The molecule has 0 aromatic carbocycles. The van der Waals surface area contributed by atoms with Crippen LogP contribution in [0.4, 0.5) is 0 Å². The highest BCUT2D eigenvalue weighted by Crippen LogP contribution is 1.92. The van der Waals surface area contributed by atoms with Gasteiger partial charge in [-0.1, -0.05) is 12.2 Å². The van der Waals surface area contributed by atoms with Gasteiger partial charge in [-0.2, -0.15) is 0 Å². The third-order valence-electron chi connectivity index (χ3n) is 1.16. The molecule has 0 bridgehead atoms. The molecule has 0 saturated heterocycles. The topological polar surface area (TPSA) is 29.1 Å². The molecule has 1 amide bonds. The summed E-state index contributed by atoms with van der Waals surface area (Å²) in [6.45, 7) is 3.32. The van der Waals surface area contributed by atoms with Gasteiger partial charge in [0.25, 0.3) is 0 Å². The minimum atomic E-state index is -0.0755. The second kappa shape index (κ2) is 6.23. The van der Waals surface area contributed by atoms with Crippen LogP contribution in [-0.4, -0.2) is 5.91 Å². The normalized spacial score (nSPS) is 11.2. The van der Waals surface area contributed by atoms with Gasteiger partial charge >= 0.3 is 0 Å². The van der Waals surface area contributed by atoms with E-state index in [1.54, 1.807) is 6.08 Å². The fourth-order valence-corrected chi connectivity index (χ4v) is 0.667. The lowest BCUT2D eigenvalue weighted by Gasteiger charge is -1.99. The molecule has 0 atom stereocenters. The van der Waals surface area contributed by atoms with Gasteiger partial charge < -0.3 is 5.32 Å². The van der Waals surface area contributed by atoms with Crippen molar-refractivity contribution in [3.8, 4) is 12.3 Å². The molecule has 0 aliphatic rings. The Kier molecular flexibility index (Phi) is 5.46. The lowest BCUT2D eigenvalue weighted by atomic mass is 10.3. The number of hydrogen-bond acceptors (Lipinski definition) is 1. The van der Waals surface area contributed by atoms with Gasteiger partial charge in [0.2, 0.25) is 5.91 Å². The molecule has 0 aromatic rings. The molecule has 2 heteroatoms. The zero-order chi connectivity index (χ0) is 9.40. The molecule has 12 heavy (non-hydrogen) atoms. The van der Waals surface area contributed by atoms with Gasteiger partial charge in [0.05, 0.1) is 0 Å². The lowest BCUT2D eigenvalue weighted by Crippen LogP contribution is -2.17. The summed E-state index contributed by atoms with van der Waals surface area (Å²) < 4.78 is 0. The molecule has 0 unspecified atom stereocenters. The Morgan fingerprint density at radius 2 is 2.33 bits per heavy atom. The van der Waals surface area contributed by atoms with E-state index in [9.17, 15) is 4.79 Å². The molecular weight excluding hydrogens is 150 g/mol. The highest BCUT2D eigenvalue weighted by Gasteiger charge is 1.91. The molecule has 0 fully saturated rings. The first-order valence-corrected chi connectivity index (χ1v) is 3.74. The van der Waals surface area contributed by atoms with Crippen molar-refractivity contribution in [1.29, 1.82) is 0 Å². The van der Waals surface area contributed by atoms with E-state index in [0.29, 0.717) is 6.42 Å². The minimum Gasteiger partial charge on any atom is -0.327 e. The van der Waals surface area contributed by atoms with E-state index in [1.807, 2.05) is 19.1 Å². The summed E-state index contributed by atoms with van der Waals surface area (Å²) in [6.07, 6.45) is 11.1. The predicted octanol–water partition coefficient (Wildman–Crippen LogP) is 1.61. The van der Waals surface area contributed by atoms with Crippen molar-refractivity contribution in [2.75, 3.05) is 0 Å². The molecule has 0 aliphatic carbocycles. The molecule has 0 aliphatic heterocycles. The molecule has 0 rings (SSSR count). The van der Waals surface area contributed by atoms with Gasteiger partial charge in [0, 0.05) is 19.0 Å². The molecule has 2 nitrogen and oxygen atoms in total. The second-order valence-electron chi connectivity index (χ2n) is 2.24. The number of terminal acetylenes is 1. The third kappa shape index (κ3) is 5.31. The van der Waals surface area contributed by atoms with Gasteiger partial charge in [-0.15, -0.1) is 12.3 Å². The summed E-state index contributed by atoms with van der Waals surface area (Å²) in [6, 6.07) is 0. The summed E-state index contributed by atoms with van der Waals surface area (Å²) >= 11 is 0. The van der Waals surface area contributed by atoms with Crippen molar-refractivity contribution < 1.29 is 4.79 Å². The van der Waals surface area contributed by atoms with Crippen molar-refractivity contribution >= 4 is 5.91 Å². The highest BCUT2D eigenvalue weighted by atomic mass is 16.1. The monoisotopic (exact) mass is 163 g/mol. The van der Waals surface area contributed by atoms with Crippen LogP contribution in [0.3, 0.4) is 0 Å². The molecule has 0 radical (unpaired) electrons. The van der Waals surface area contributed by atoms with Crippen LogP contribution in [0.2, 0.25) is 0 Å². The van der Waals surface area contributed by atoms with Gasteiger partial charge in [0.1, 0.15) is 0 Å². The van der Waals surface area contributed by atoms with E-state index in [-0.39, 0.29) is 5.91 Å². The molecule has 64 valence electrons. The number of rotatable bonds is 3. The molecule has 0 aromatic heterocycles. The standard InChI is InChI=1S/C10H13NO/c1-4-6-7-8-10(5-2)11-9(3)12/h1,5,7-8H,6H2,2-3H3,(H,11,12)/b8-7-,10-5+. The number of allylic oxidation sites excluding steroid dienone is 3. The Balaban J connectivity index is 4.03. The molecule has 0 spiro atoms. The summed E-state index contributed by atoms with van der Waals surface area (Å²) in [7, 11) is 0. The quantitative estimate of drug-likeness (QED) is 0.497. The summed E-state index contributed by atoms with van der Waals surface area (Å²) in [5, 5.41) is 2.66. The van der Waals surface area contributed by atoms with Crippen LogP contribution < -0.4 is 5.32 Å². The lowest BCUT2D eigenvalue weighted by molar-refractivity contribution is -0.118. The van der Waals surface area contributed by atoms with E-state index in [2.05, 4.69) is 11.2 Å². The van der Waals surface area contributed by atoms with E-state index < -0.39 is 0 Å². The largest absolute Gasteiger partial charge is 0.327 e. The van der Waals surface area contributed by atoms with E-state index >= 15 is 0 Å². The number of carbonyl (C=O) groups excluding carboxylic acids is 1. The first kappa shape index (κ1) is 10.5. The molecule has 0 heterocycles. The van der Waals surface area contributed by atoms with Crippen LogP contribution in [0, 0.1) is 12.3 Å². The molecule has 0 saturated carbocycles. The Labute approximate surface area is 73.4 Å². The second-order valence-corrected chi connectivity index (χ2v) is 2.24. The van der Waals surface area contributed by atoms with Gasteiger partial charge in [-0.05, 0) is 13.0 Å². The molecular formula is C10H13NO. The number of carbonyl (C=O) groups is 1. The highest BCUT2D eigenvalue weighted by molar-refractivity contribution is 5.75. The maximum atomic E-state index is 10.6. The Hall–Kier alpha value is -1.49. The van der Waals surface area contributed by atoms with Crippen molar-refractivity contribution in [1.82, 2.24) is 5.32 Å². The van der Waals surface area contributed by atoms with Gasteiger partial charge in [0.15, 0.2) is 0 Å². The average Bonchev–Trinajstić information content (AvgIpc) is 2.02. The fourth-order valence-electron chi connectivity index (χ4n) is 0.667. The van der Waals surface area contributed by atoms with Crippen LogP contribution in [0.1, 0.15) is 20.3 Å². The van der Waals surface area contributed by atoms with E-state index in [4.69, 9.17) is 6.42 Å². The van der Waals surface area contributed by atoms with Crippen molar-refractivity contribution in [2.24, 2.45) is 0 Å². The van der Waals surface area contributed by atoms with Crippen molar-refractivity contribution in [3.05, 3.63) is 23.9 Å². The third-order valence-corrected chi connectivity index (χ3v) is 1.16. The minimum absolute atomic E-state index is 0.0755. The first-order valence-electron chi connectivity index (χ1n) is 3.74. The van der Waals surface area contributed by atoms with E-state index in [0.717, 1.165) is 5.70 Å². The zero-order valence-electron chi connectivity index (χ0n) is 7.42. The van der Waals surface area contributed by atoms with Crippen LogP contribution in [0.15, 0.2) is 23.9 Å². The van der Waals surface area contributed by atoms with Gasteiger partial charge in [-0.25, -0.2) is 0 Å². The Bertz CT molecular complexity index is 243. The summed E-state index contributed by atoms with van der Waals surface area (Å²) in [5.41, 5.74) is 0.776. The van der Waals surface area contributed by atoms with Crippen LogP contribution in [0.5, 0.6) is 0 Å². The van der Waals surface area contributed by atoms with Crippen molar-refractivity contribution in [3.63, 3.8) is 0 Å². The van der Waals surface area contributed by atoms with Crippen LogP contribution >= 0.6 is 0 Å². The van der Waals surface area contributed by atoms with Gasteiger partial charge in [-0.3, -0.25) is 4.79 Å². The summed E-state index contributed by atoms with van der Waals surface area (Å²) in [4.78, 5) is 10.6. The summed E-state index contributed by atoms with van der Waals surface area (Å²) in [5.74, 6) is 2.40. The average molecular weight is 163 g/mol.